The van der Waals surface area contributed by atoms with E-state index in [1.54, 1.807) is 17.0 Å². The zero-order valence-electron chi connectivity index (χ0n) is 22.5. The molecule has 1 aromatic heterocycles. The summed E-state index contributed by atoms with van der Waals surface area (Å²) in [4.78, 5) is 21.4. The first-order valence-corrected chi connectivity index (χ1v) is 15.3. The highest BCUT2D eigenvalue weighted by atomic mass is 32.2. The molecule has 224 valence electrons. The van der Waals surface area contributed by atoms with Crippen molar-refractivity contribution in [3.05, 3.63) is 36.0 Å². The number of nitrogens with zero attached hydrogens (tertiary/aromatic N) is 3. The zero-order valence-corrected chi connectivity index (χ0v) is 23.4. The summed E-state index contributed by atoms with van der Waals surface area (Å²) in [7, 11) is -3.76. The van der Waals surface area contributed by atoms with E-state index in [2.05, 4.69) is 19.9 Å². The number of nitrogens with one attached hydrogen (secondary N) is 2. The Balaban J connectivity index is 1.40. The van der Waals surface area contributed by atoms with Crippen LogP contribution in [-0.2, 0) is 10.0 Å². The number of aliphatic hydroxyl groups excluding tert-OH is 1. The van der Waals surface area contributed by atoms with Crippen molar-refractivity contribution in [3.63, 3.8) is 0 Å². The van der Waals surface area contributed by atoms with Gasteiger partial charge in [-0.3, -0.25) is 9.52 Å². The number of halogens is 3. The van der Waals surface area contributed by atoms with Crippen molar-refractivity contribution in [1.29, 1.82) is 0 Å². The standard InChI is InChI=1S/C27H34F3N5O5S/c28-18-40-23-4-3-21(31-24(23)35-13-9-27(29,30)10-14-35)25(37)32-20-2-1-19(33-41(38,39)16-15-36)17-22(20)34-11-7-26(5-6-26)8-12-34/h1-4,17,33,36H,5-16,18H2,(H,32,37). The second kappa shape index (κ2) is 11.6. The molecule has 3 aliphatic rings. The number of ether oxygens (including phenoxy) is 1. The molecule has 1 aromatic carbocycles. The Bertz CT molecular complexity index is 1370. The molecule has 3 N–H and O–H groups in total. The minimum absolute atomic E-state index is 0.0159. The van der Waals surface area contributed by atoms with E-state index in [4.69, 9.17) is 9.84 Å². The number of hydrogen-bond donors (Lipinski definition) is 3. The van der Waals surface area contributed by atoms with E-state index in [1.165, 1.54) is 31.0 Å². The molecule has 14 heteroatoms. The Labute approximate surface area is 236 Å². The SMILES string of the molecule is O=C(Nc1ccc(NS(=O)(=O)CCO)cc1N1CCC2(CC1)CC2)c1ccc(OCF)c(N2CCC(F)(F)CC2)n1. The number of hydrogen-bond acceptors (Lipinski definition) is 8. The van der Waals surface area contributed by atoms with Gasteiger partial charge in [0.25, 0.3) is 11.8 Å². The van der Waals surface area contributed by atoms with Crippen molar-refractivity contribution in [1.82, 2.24) is 4.98 Å². The monoisotopic (exact) mass is 597 g/mol. The maximum absolute atomic E-state index is 13.7. The van der Waals surface area contributed by atoms with E-state index in [0.717, 1.165) is 25.9 Å². The fourth-order valence-corrected chi connectivity index (χ4v) is 6.23. The van der Waals surface area contributed by atoms with Gasteiger partial charge >= 0.3 is 0 Å². The van der Waals surface area contributed by atoms with Gasteiger partial charge in [-0.1, -0.05) is 0 Å². The van der Waals surface area contributed by atoms with Crippen LogP contribution >= 0.6 is 0 Å². The molecule has 3 heterocycles. The van der Waals surface area contributed by atoms with Crippen molar-refractivity contribution in [2.75, 3.05) is 65.2 Å². The number of rotatable bonds is 10. The minimum atomic E-state index is -3.76. The van der Waals surface area contributed by atoms with Gasteiger partial charge in [0.15, 0.2) is 11.6 Å². The Hall–Kier alpha value is -3.26. The number of aliphatic hydroxyl groups is 1. The second-order valence-corrected chi connectivity index (χ2v) is 12.8. The molecule has 1 amide bonds. The number of pyridine rings is 1. The Morgan fingerprint density at radius 3 is 2.32 bits per heavy atom. The quantitative estimate of drug-likeness (QED) is 0.376. The molecule has 41 heavy (non-hydrogen) atoms. The van der Waals surface area contributed by atoms with E-state index in [0.29, 0.717) is 22.5 Å². The number of carbonyl (C=O) groups excluding carboxylic acids is 1. The molecule has 2 saturated heterocycles. The number of sulfonamides is 1. The van der Waals surface area contributed by atoms with Gasteiger partial charge in [0.2, 0.25) is 16.9 Å². The van der Waals surface area contributed by atoms with Crippen molar-refractivity contribution in [3.8, 4) is 5.75 Å². The van der Waals surface area contributed by atoms with Gasteiger partial charge in [-0.05, 0) is 61.4 Å². The third-order valence-electron chi connectivity index (χ3n) is 8.08. The van der Waals surface area contributed by atoms with Gasteiger partial charge in [0, 0.05) is 39.0 Å². The lowest BCUT2D eigenvalue weighted by Crippen LogP contribution is -2.40. The van der Waals surface area contributed by atoms with Crippen LogP contribution in [0, 0.1) is 5.41 Å². The Morgan fingerprint density at radius 1 is 1.00 bits per heavy atom. The van der Waals surface area contributed by atoms with Crippen LogP contribution in [0.3, 0.4) is 0 Å². The maximum atomic E-state index is 13.7. The zero-order chi connectivity index (χ0) is 29.3. The lowest BCUT2D eigenvalue weighted by atomic mass is 9.93. The molecule has 0 atom stereocenters. The third kappa shape index (κ3) is 6.97. The molecular formula is C27H34F3N5O5S. The van der Waals surface area contributed by atoms with Gasteiger partial charge in [-0.15, -0.1) is 0 Å². The summed E-state index contributed by atoms with van der Waals surface area (Å²) in [6.07, 6.45) is 3.61. The number of carbonyl (C=O) groups is 1. The number of piperidine rings is 2. The molecule has 0 bridgehead atoms. The number of aromatic nitrogens is 1. The molecule has 10 nitrogen and oxygen atoms in total. The first-order chi connectivity index (χ1) is 19.5. The molecule has 0 unspecified atom stereocenters. The van der Waals surface area contributed by atoms with E-state index < -0.39 is 53.9 Å². The fourth-order valence-electron chi connectivity index (χ4n) is 5.40. The molecule has 1 saturated carbocycles. The van der Waals surface area contributed by atoms with Crippen molar-refractivity contribution < 1.29 is 36.2 Å². The maximum Gasteiger partial charge on any atom is 0.274 e. The van der Waals surface area contributed by atoms with E-state index >= 15 is 0 Å². The average molecular weight is 598 g/mol. The van der Waals surface area contributed by atoms with E-state index in [9.17, 15) is 26.4 Å². The van der Waals surface area contributed by atoms with Crippen LogP contribution in [0.1, 0.15) is 49.0 Å². The molecule has 0 radical (unpaired) electrons. The van der Waals surface area contributed by atoms with Crippen LogP contribution in [-0.4, -0.2) is 75.7 Å². The van der Waals surface area contributed by atoms with Crippen molar-refractivity contribution in [2.24, 2.45) is 5.41 Å². The van der Waals surface area contributed by atoms with Gasteiger partial charge in [-0.2, -0.15) is 0 Å². The first kappa shape index (κ1) is 29.2. The summed E-state index contributed by atoms with van der Waals surface area (Å²) >= 11 is 0. The molecule has 1 spiro atoms. The smallest absolute Gasteiger partial charge is 0.274 e. The Morgan fingerprint density at radius 2 is 1.68 bits per heavy atom. The molecule has 2 aliphatic heterocycles. The summed E-state index contributed by atoms with van der Waals surface area (Å²) < 4.78 is 72.5. The summed E-state index contributed by atoms with van der Waals surface area (Å²) in [5, 5.41) is 11.9. The number of alkyl halides is 3. The number of benzene rings is 1. The molecule has 3 fully saturated rings. The third-order valence-corrected chi connectivity index (χ3v) is 9.34. The highest BCUT2D eigenvalue weighted by molar-refractivity contribution is 7.92. The lowest BCUT2D eigenvalue weighted by molar-refractivity contribution is -0.0222. The predicted octanol–water partition coefficient (Wildman–Crippen LogP) is 3.99. The molecule has 1 aliphatic carbocycles. The van der Waals surface area contributed by atoms with Crippen LogP contribution in [0.25, 0.3) is 0 Å². The summed E-state index contributed by atoms with van der Waals surface area (Å²) in [5.74, 6) is -3.65. The van der Waals surface area contributed by atoms with E-state index in [1.807, 2.05) is 0 Å². The lowest BCUT2D eigenvalue weighted by Gasteiger charge is -2.35. The number of anilines is 4. The highest BCUT2D eigenvalue weighted by Crippen LogP contribution is 2.54. The van der Waals surface area contributed by atoms with Crippen LogP contribution < -0.4 is 24.6 Å². The minimum Gasteiger partial charge on any atom is -0.459 e. The Kier molecular flexibility index (Phi) is 8.24. The fraction of sp³-hybridized carbons (Fsp3) is 0.556. The van der Waals surface area contributed by atoms with Crippen molar-refractivity contribution in [2.45, 2.75) is 44.4 Å². The van der Waals surface area contributed by atoms with E-state index in [-0.39, 0.29) is 30.4 Å². The highest BCUT2D eigenvalue weighted by Gasteiger charge is 2.44. The van der Waals surface area contributed by atoms with Gasteiger partial charge in [0.1, 0.15) is 5.69 Å². The average Bonchev–Trinajstić information content (AvgIpc) is 3.69. The summed E-state index contributed by atoms with van der Waals surface area (Å²) in [6.45, 7) is -0.225. The molecular weight excluding hydrogens is 563 g/mol. The van der Waals surface area contributed by atoms with Crippen LogP contribution in [0.4, 0.5) is 36.1 Å². The largest absolute Gasteiger partial charge is 0.459 e. The number of amides is 1. The van der Waals surface area contributed by atoms with Gasteiger partial charge in [0.05, 0.1) is 29.4 Å². The molecule has 2 aromatic rings. The topological polar surface area (TPSA) is 124 Å². The predicted molar refractivity (Wildman–Crippen MR) is 149 cm³/mol. The van der Waals surface area contributed by atoms with Gasteiger partial charge in [-0.25, -0.2) is 26.6 Å². The van der Waals surface area contributed by atoms with Crippen molar-refractivity contribution >= 4 is 38.8 Å². The normalized spacial score (nSPS) is 19.6. The summed E-state index contributed by atoms with van der Waals surface area (Å²) in [6, 6.07) is 7.53. The van der Waals surface area contributed by atoms with Crippen LogP contribution in [0.5, 0.6) is 5.75 Å². The van der Waals surface area contributed by atoms with Gasteiger partial charge < -0.3 is 25.0 Å². The second-order valence-electron chi connectivity index (χ2n) is 10.9. The first-order valence-electron chi connectivity index (χ1n) is 13.7. The molecule has 5 rings (SSSR count). The van der Waals surface area contributed by atoms with Crippen LogP contribution in [0.2, 0.25) is 0 Å². The summed E-state index contributed by atoms with van der Waals surface area (Å²) in [5.41, 5.74) is 1.75. The van der Waals surface area contributed by atoms with Crippen LogP contribution in [0.15, 0.2) is 30.3 Å².